The Kier molecular flexibility index (Phi) is 3.86. The summed E-state index contributed by atoms with van der Waals surface area (Å²) in [6.45, 7) is 5.65. The van der Waals surface area contributed by atoms with Gasteiger partial charge in [-0.25, -0.2) is 9.67 Å². The molecule has 0 atom stereocenters. The number of carbonyl (C=O) groups excluding carboxylic acids is 1. The molecule has 21 heavy (non-hydrogen) atoms. The van der Waals surface area contributed by atoms with Crippen LogP contribution in [0.5, 0.6) is 5.88 Å². The van der Waals surface area contributed by atoms with Crippen LogP contribution >= 0.6 is 22.9 Å². The molecule has 0 fully saturated rings. The van der Waals surface area contributed by atoms with E-state index in [9.17, 15) is 4.79 Å². The molecule has 8 heteroatoms. The van der Waals surface area contributed by atoms with E-state index in [1.807, 2.05) is 13.8 Å². The number of rotatable bonds is 3. The second kappa shape index (κ2) is 5.65. The number of fused-ring (bicyclic) bond motifs is 1. The lowest BCUT2D eigenvalue weighted by Gasteiger charge is -2.14. The van der Waals surface area contributed by atoms with Gasteiger partial charge in [0.2, 0.25) is 5.88 Å². The quantitative estimate of drug-likeness (QED) is 0.939. The highest BCUT2D eigenvalue weighted by Crippen LogP contribution is 2.30. The minimum absolute atomic E-state index is 0.207. The number of aryl methyl sites for hydroxylation is 3. The van der Waals surface area contributed by atoms with Crippen LogP contribution in [0.15, 0.2) is 0 Å². The third-order valence-electron chi connectivity index (χ3n) is 3.29. The zero-order valence-corrected chi connectivity index (χ0v) is 13.3. The second-order valence-electron chi connectivity index (χ2n) is 4.82. The molecule has 0 unspecified atom stereocenters. The SMILES string of the molecule is Cc1nc(CNC(=O)c2nn3c(c2Cl)OCCC3)sc1C. The largest absolute Gasteiger partial charge is 0.477 e. The maximum absolute atomic E-state index is 12.2. The van der Waals surface area contributed by atoms with Crippen LogP contribution in [0, 0.1) is 13.8 Å². The van der Waals surface area contributed by atoms with Crippen molar-refractivity contribution in [2.75, 3.05) is 6.61 Å². The monoisotopic (exact) mass is 326 g/mol. The van der Waals surface area contributed by atoms with Crippen molar-refractivity contribution in [1.29, 1.82) is 0 Å². The molecule has 1 N–H and O–H groups in total. The van der Waals surface area contributed by atoms with E-state index in [0.29, 0.717) is 25.6 Å². The molecule has 2 aromatic rings. The first kappa shape index (κ1) is 14.3. The number of hydrogen-bond donors (Lipinski definition) is 1. The summed E-state index contributed by atoms with van der Waals surface area (Å²) in [4.78, 5) is 17.7. The van der Waals surface area contributed by atoms with E-state index in [1.165, 1.54) is 0 Å². The molecule has 1 aliphatic heterocycles. The average molecular weight is 327 g/mol. The van der Waals surface area contributed by atoms with E-state index in [1.54, 1.807) is 16.0 Å². The number of nitrogens with zero attached hydrogens (tertiary/aromatic N) is 3. The van der Waals surface area contributed by atoms with Gasteiger partial charge in [0.1, 0.15) is 10.0 Å². The lowest BCUT2D eigenvalue weighted by atomic mass is 10.4. The summed E-state index contributed by atoms with van der Waals surface area (Å²) in [7, 11) is 0. The summed E-state index contributed by atoms with van der Waals surface area (Å²) < 4.78 is 7.08. The minimum Gasteiger partial charge on any atom is -0.477 e. The van der Waals surface area contributed by atoms with Crippen LogP contribution in [0.1, 0.15) is 32.5 Å². The molecule has 0 bridgehead atoms. The van der Waals surface area contributed by atoms with E-state index < -0.39 is 0 Å². The molecular formula is C13H15ClN4O2S. The molecule has 3 heterocycles. The van der Waals surface area contributed by atoms with E-state index in [2.05, 4.69) is 15.4 Å². The van der Waals surface area contributed by atoms with Crippen LogP contribution in [0.4, 0.5) is 0 Å². The van der Waals surface area contributed by atoms with Gasteiger partial charge < -0.3 is 10.1 Å². The Bertz CT molecular complexity index is 675. The van der Waals surface area contributed by atoms with E-state index >= 15 is 0 Å². The highest BCUT2D eigenvalue weighted by Gasteiger charge is 2.24. The third kappa shape index (κ3) is 2.75. The van der Waals surface area contributed by atoms with Crippen molar-refractivity contribution in [3.63, 3.8) is 0 Å². The fourth-order valence-electron chi connectivity index (χ4n) is 2.10. The van der Waals surface area contributed by atoms with Gasteiger partial charge in [0.25, 0.3) is 5.91 Å². The summed E-state index contributed by atoms with van der Waals surface area (Å²) in [5.74, 6) is 0.171. The molecular weight excluding hydrogens is 312 g/mol. The zero-order valence-electron chi connectivity index (χ0n) is 11.8. The molecule has 1 amide bonds. The minimum atomic E-state index is -0.309. The average Bonchev–Trinajstić information content (AvgIpc) is 2.98. The molecule has 3 rings (SSSR count). The van der Waals surface area contributed by atoms with Crippen LogP contribution < -0.4 is 10.1 Å². The summed E-state index contributed by atoms with van der Waals surface area (Å²) in [6, 6.07) is 0. The first-order valence-corrected chi connectivity index (χ1v) is 7.86. The van der Waals surface area contributed by atoms with Crippen LogP contribution in [0.25, 0.3) is 0 Å². The molecule has 0 aliphatic carbocycles. The zero-order chi connectivity index (χ0) is 15.0. The van der Waals surface area contributed by atoms with Crippen molar-refractivity contribution in [1.82, 2.24) is 20.1 Å². The number of amides is 1. The van der Waals surface area contributed by atoms with Gasteiger partial charge in [0.15, 0.2) is 5.69 Å². The predicted octanol–water partition coefficient (Wildman–Crippen LogP) is 2.32. The highest BCUT2D eigenvalue weighted by atomic mass is 35.5. The number of ether oxygens (including phenoxy) is 1. The van der Waals surface area contributed by atoms with E-state index in [0.717, 1.165) is 22.0 Å². The normalized spacial score (nSPS) is 13.7. The van der Waals surface area contributed by atoms with Gasteiger partial charge in [-0.3, -0.25) is 4.79 Å². The fraction of sp³-hybridized carbons (Fsp3) is 0.462. The lowest BCUT2D eigenvalue weighted by molar-refractivity contribution is 0.0945. The number of hydrogen-bond acceptors (Lipinski definition) is 5. The second-order valence-corrected chi connectivity index (χ2v) is 6.49. The van der Waals surface area contributed by atoms with Gasteiger partial charge in [-0.2, -0.15) is 5.10 Å². The van der Waals surface area contributed by atoms with Gasteiger partial charge in [-0.15, -0.1) is 11.3 Å². The molecule has 1 aliphatic rings. The van der Waals surface area contributed by atoms with Crippen LogP contribution in [-0.4, -0.2) is 27.3 Å². The number of nitrogens with one attached hydrogen (secondary N) is 1. The van der Waals surface area contributed by atoms with Gasteiger partial charge in [-0.05, 0) is 13.8 Å². The Balaban J connectivity index is 1.72. The summed E-state index contributed by atoms with van der Waals surface area (Å²) in [6.07, 6.45) is 0.865. The number of halogens is 1. The third-order valence-corrected chi connectivity index (χ3v) is 4.71. The van der Waals surface area contributed by atoms with Crippen LogP contribution in [0.2, 0.25) is 5.02 Å². The summed E-state index contributed by atoms with van der Waals surface area (Å²) in [5.41, 5.74) is 1.20. The van der Waals surface area contributed by atoms with Crippen LogP contribution in [-0.2, 0) is 13.1 Å². The van der Waals surface area contributed by atoms with Crippen molar-refractivity contribution in [3.8, 4) is 5.88 Å². The summed E-state index contributed by atoms with van der Waals surface area (Å²) in [5, 5.41) is 8.16. The van der Waals surface area contributed by atoms with E-state index in [-0.39, 0.29) is 16.6 Å². The molecule has 0 saturated carbocycles. The Morgan fingerprint density at radius 1 is 1.52 bits per heavy atom. The topological polar surface area (TPSA) is 69.0 Å². The van der Waals surface area contributed by atoms with Crippen LogP contribution in [0.3, 0.4) is 0 Å². The van der Waals surface area contributed by atoms with Gasteiger partial charge in [-0.1, -0.05) is 11.6 Å². The Hall–Kier alpha value is -1.60. The Morgan fingerprint density at radius 2 is 2.33 bits per heavy atom. The maximum atomic E-state index is 12.2. The van der Waals surface area contributed by atoms with Crippen molar-refractivity contribution in [2.24, 2.45) is 0 Å². The molecule has 0 spiro atoms. The summed E-state index contributed by atoms with van der Waals surface area (Å²) >= 11 is 7.74. The molecule has 2 aromatic heterocycles. The van der Waals surface area contributed by atoms with E-state index in [4.69, 9.17) is 16.3 Å². The first-order valence-electron chi connectivity index (χ1n) is 6.66. The van der Waals surface area contributed by atoms with Crippen molar-refractivity contribution in [2.45, 2.75) is 33.4 Å². The highest BCUT2D eigenvalue weighted by molar-refractivity contribution is 7.11. The van der Waals surface area contributed by atoms with Gasteiger partial charge in [0, 0.05) is 17.8 Å². The lowest BCUT2D eigenvalue weighted by Crippen LogP contribution is -2.23. The molecule has 0 aromatic carbocycles. The smallest absolute Gasteiger partial charge is 0.273 e. The molecule has 112 valence electrons. The first-order chi connectivity index (χ1) is 10.1. The Labute approximate surface area is 131 Å². The van der Waals surface area contributed by atoms with Crippen molar-refractivity contribution >= 4 is 28.8 Å². The van der Waals surface area contributed by atoms with Crippen molar-refractivity contribution in [3.05, 3.63) is 26.3 Å². The number of aromatic nitrogens is 3. The van der Waals surface area contributed by atoms with Gasteiger partial charge >= 0.3 is 0 Å². The Morgan fingerprint density at radius 3 is 3.00 bits per heavy atom. The fourth-order valence-corrected chi connectivity index (χ4v) is 3.25. The number of carbonyl (C=O) groups is 1. The van der Waals surface area contributed by atoms with Crippen molar-refractivity contribution < 1.29 is 9.53 Å². The molecule has 0 saturated heterocycles. The maximum Gasteiger partial charge on any atom is 0.273 e. The molecule has 0 radical (unpaired) electrons. The predicted molar refractivity (Wildman–Crippen MR) is 80.1 cm³/mol. The standard InChI is InChI=1S/C13H15ClN4O2S/c1-7-8(2)21-9(16-7)6-15-12(19)11-10(14)13-18(17-11)4-3-5-20-13/h3-6H2,1-2H3,(H,15,19). The number of thiazole rings is 1. The van der Waals surface area contributed by atoms with Gasteiger partial charge in [0.05, 0.1) is 18.8 Å². The molecule has 6 nitrogen and oxygen atoms in total.